The summed E-state index contributed by atoms with van der Waals surface area (Å²) in [5.41, 5.74) is 0.573. The van der Waals surface area contributed by atoms with Gasteiger partial charge in [-0.3, -0.25) is 4.90 Å². The van der Waals surface area contributed by atoms with Crippen LogP contribution in [0.25, 0.3) is 10.9 Å². The van der Waals surface area contributed by atoms with Gasteiger partial charge in [-0.2, -0.15) is 0 Å². The molecule has 1 amide bonds. The predicted octanol–water partition coefficient (Wildman–Crippen LogP) is 2.99. The van der Waals surface area contributed by atoms with Gasteiger partial charge in [0.1, 0.15) is 23.6 Å². The van der Waals surface area contributed by atoms with Crippen molar-refractivity contribution in [3.8, 4) is 17.4 Å². The highest BCUT2D eigenvalue weighted by Gasteiger charge is 2.41. The van der Waals surface area contributed by atoms with E-state index in [-0.39, 0.29) is 13.0 Å². The minimum Gasteiger partial charge on any atom is -0.495 e. The van der Waals surface area contributed by atoms with Crippen molar-refractivity contribution in [2.24, 2.45) is 0 Å². The first kappa shape index (κ1) is 20.0. The van der Waals surface area contributed by atoms with Crippen molar-refractivity contribution in [2.45, 2.75) is 25.5 Å². The molecule has 1 aromatic carbocycles. The number of aromatic nitrogens is 1. The maximum atomic E-state index is 11.4. The SMILES string of the molecule is CCOc1cc(O[C@@H]2C[C@@H](C(=O)O)N(C(=O)O)C2)c2cc(Br)c(OC)cc2n1. The average Bonchev–Trinajstić information content (AvgIpc) is 3.06. The number of rotatable bonds is 6. The van der Waals surface area contributed by atoms with Crippen molar-refractivity contribution in [3.63, 3.8) is 0 Å². The summed E-state index contributed by atoms with van der Waals surface area (Å²) < 4.78 is 17.5. The Hall–Kier alpha value is -2.75. The Morgan fingerprint density at radius 1 is 1.29 bits per heavy atom. The van der Waals surface area contributed by atoms with Crippen LogP contribution in [0.4, 0.5) is 4.79 Å². The normalized spacial score (nSPS) is 18.9. The number of ether oxygens (including phenoxy) is 3. The van der Waals surface area contributed by atoms with E-state index in [2.05, 4.69) is 20.9 Å². The van der Waals surface area contributed by atoms with Crippen molar-refractivity contribution < 1.29 is 34.0 Å². The number of nitrogens with zero attached hydrogens (tertiary/aromatic N) is 2. The number of carbonyl (C=O) groups is 2. The standard InChI is InChI=1S/C18H19BrN2O7/c1-3-27-16-7-14(10-5-11(19)15(26-2)6-12(10)20-16)28-9-4-13(17(22)23)21(8-9)18(24)25/h5-7,9,13H,3-4,8H2,1-2H3,(H,22,23)(H,24,25)/t9-,13+/m1/s1. The smallest absolute Gasteiger partial charge is 0.408 e. The lowest BCUT2D eigenvalue weighted by atomic mass is 10.1. The lowest BCUT2D eigenvalue weighted by Gasteiger charge is -2.18. The van der Waals surface area contributed by atoms with Crippen LogP contribution in [-0.2, 0) is 4.79 Å². The topological polar surface area (TPSA) is 118 Å². The molecule has 0 spiro atoms. The molecule has 150 valence electrons. The second kappa shape index (κ2) is 8.09. The molecule has 3 rings (SSSR count). The van der Waals surface area contributed by atoms with Crippen LogP contribution in [-0.4, -0.2) is 64.6 Å². The Morgan fingerprint density at radius 2 is 2.04 bits per heavy atom. The minimum absolute atomic E-state index is 0.0442. The van der Waals surface area contributed by atoms with Crippen molar-refractivity contribution in [3.05, 3.63) is 22.7 Å². The molecule has 9 nitrogen and oxygen atoms in total. The summed E-state index contributed by atoms with van der Waals surface area (Å²) in [6.45, 7) is 2.19. The maximum Gasteiger partial charge on any atom is 0.408 e. The molecule has 1 aliphatic rings. The molecule has 0 radical (unpaired) electrons. The molecule has 0 unspecified atom stereocenters. The number of hydrogen-bond acceptors (Lipinski definition) is 6. The van der Waals surface area contributed by atoms with Gasteiger partial charge in [-0.25, -0.2) is 14.6 Å². The minimum atomic E-state index is -1.29. The van der Waals surface area contributed by atoms with Gasteiger partial charge in [0.25, 0.3) is 0 Å². The Balaban J connectivity index is 1.98. The third kappa shape index (κ3) is 3.91. The lowest BCUT2D eigenvalue weighted by Crippen LogP contribution is -2.39. The van der Waals surface area contributed by atoms with Gasteiger partial charge in [-0.05, 0) is 28.9 Å². The second-order valence-corrected chi connectivity index (χ2v) is 7.01. The summed E-state index contributed by atoms with van der Waals surface area (Å²) in [6.07, 6.45) is -1.86. The molecule has 2 atom stereocenters. The fourth-order valence-corrected chi connectivity index (χ4v) is 3.66. The number of benzene rings is 1. The molecule has 1 saturated heterocycles. The van der Waals surface area contributed by atoms with Crippen LogP contribution in [0.2, 0.25) is 0 Å². The first-order valence-electron chi connectivity index (χ1n) is 8.54. The Labute approximate surface area is 168 Å². The summed E-state index contributed by atoms with van der Waals surface area (Å²) in [5, 5.41) is 19.2. The summed E-state index contributed by atoms with van der Waals surface area (Å²) in [6, 6.07) is 3.98. The summed E-state index contributed by atoms with van der Waals surface area (Å²) >= 11 is 3.43. The third-order valence-corrected chi connectivity index (χ3v) is 5.02. The van der Waals surface area contributed by atoms with Gasteiger partial charge in [0.05, 0.1) is 30.3 Å². The van der Waals surface area contributed by atoms with Gasteiger partial charge in [0, 0.05) is 23.9 Å². The van der Waals surface area contributed by atoms with E-state index < -0.39 is 24.2 Å². The molecular formula is C18H19BrN2O7. The maximum absolute atomic E-state index is 11.4. The molecule has 0 saturated carbocycles. The van der Waals surface area contributed by atoms with Crippen LogP contribution in [0.3, 0.4) is 0 Å². The zero-order valence-corrected chi connectivity index (χ0v) is 16.8. The van der Waals surface area contributed by atoms with E-state index in [0.717, 1.165) is 4.90 Å². The van der Waals surface area contributed by atoms with Gasteiger partial charge >= 0.3 is 12.1 Å². The highest BCUT2D eigenvalue weighted by atomic mass is 79.9. The van der Waals surface area contributed by atoms with Gasteiger partial charge in [-0.1, -0.05) is 0 Å². The highest BCUT2D eigenvalue weighted by Crippen LogP contribution is 2.37. The first-order chi connectivity index (χ1) is 13.3. The number of amides is 1. The summed E-state index contributed by atoms with van der Waals surface area (Å²) in [7, 11) is 1.54. The molecule has 10 heteroatoms. The molecule has 2 aromatic rings. The van der Waals surface area contributed by atoms with E-state index in [0.29, 0.717) is 39.4 Å². The molecule has 28 heavy (non-hydrogen) atoms. The summed E-state index contributed by atoms with van der Waals surface area (Å²) in [5.74, 6) is 0.162. The van der Waals surface area contributed by atoms with Crippen molar-refractivity contribution in [1.29, 1.82) is 0 Å². The highest BCUT2D eigenvalue weighted by molar-refractivity contribution is 9.10. The van der Waals surface area contributed by atoms with E-state index in [4.69, 9.17) is 14.2 Å². The lowest BCUT2D eigenvalue weighted by molar-refractivity contribution is -0.141. The molecule has 1 aliphatic heterocycles. The molecule has 0 aliphatic carbocycles. The van der Waals surface area contributed by atoms with E-state index >= 15 is 0 Å². The monoisotopic (exact) mass is 454 g/mol. The van der Waals surface area contributed by atoms with Crippen molar-refractivity contribution in [1.82, 2.24) is 9.88 Å². The number of likely N-dealkylation sites (tertiary alicyclic amines) is 1. The van der Waals surface area contributed by atoms with Crippen molar-refractivity contribution >= 4 is 38.9 Å². The van der Waals surface area contributed by atoms with Gasteiger partial charge < -0.3 is 24.4 Å². The van der Waals surface area contributed by atoms with E-state index in [1.807, 2.05) is 6.92 Å². The van der Waals surface area contributed by atoms with Gasteiger partial charge in [0.2, 0.25) is 5.88 Å². The largest absolute Gasteiger partial charge is 0.495 e. The molecule has 2 heterocycles. The number of halogens is 1. The van der Waals surface area contributed by atoms with Gasteiger partial charge in [0.15, 0.2) is 0 Å². The number of methoxy groups -OCH3 is 1. The quantitative estimate of drug-likeness (QED) is 0.683. The Morgan fingerprint density at radius 3 is 2.61 bits per heavy atom. The van der Waals surface area contributed by atoms with E-state index in [1.165, 1.54) is 0 Å². The molecular weight excluding hydrogens is 436 g/mol. The number of carboxylic acid groups (broad SMARTS) is 2. The molecule has 0 bridgehead atoms. The van der Waals surface area contributed by atoms with E-state index in [1.54, 1.807) is 25.3 Å². The van der Waals surface area contributed by atoms with Crippen LogP contribution in [0.15, 0.2) is 22.7 Å². The van der Waals surface area contributed by atoms with Crippen LogP contribution in [0, 0.1) is 0 Å². The van der Waals surface area contributed by atoms with Gasteiger partial charge in [-0.15, -0.1) is 0 Å². The zero-order chi connectivity index (χ0) is 20.4. The number of hydrogen-bond donors (Lipinski definition) is 2. The number of carboxylic acids is 1. The Kier molecular flexibility index (Phi) is 5.78. The molecule has 1 aromatic heterocycles. The number of aliphatic carboxylic acids is 1. The number of pyridine rings is 1. The first-order valence-corrected chi connectivity index (χ1v) is 9.33. The second-order valence-electron chi connectivity index (χ2n) is 6.16. The number of fused-ring (bicyclic) bond motifs is 1. The zero-order valence-electron chi connectivity index (χ0n) is 15.2. The van der Waals surface area contributed by atoms with Crippen LogP contribution < -0.4 is 14.2 Å². The predicted molar refractivity (Wildman–Crippen MR) is 102 cm³/mol. The van der Waals surface area contributed by atoms with Crippen LogP contribution in [0.5, 0.6) is 17.4 Å². The third-order valence-electron chi connectivity index (χ3n) is 4.40. The average molecular weight is 455 g/mol. The Bertz CT molecular complexity index is 898. The fourth-order valence-electron chi connectivity index (χ4n) is 3.16. The molecule has 2 N–H and O–H groups in total. The van der Waals surface area contributed by atoms with Crippen molar-refractivity contribution in [2.75, 3.05) is 20.3 Å². The van der Waals surface area contributed by atoms with Crippen LogP contribution >= 0.6 is 15.9 Å². The van der Waals surface area contributed by atoms with E-state index in [9.17, 15) is 19.8 Å². The summed E-state index contributed by atoms with van der Waals surface area (Å²) in [4.78, 5) is 28.0. The molecule has 1 fully saturated rings. The van der Waals surface area contributed by atoms with Crippen LogP contribution in [0.1, 0.15) is 13.3 Å². The fraction of sp³-hybridized carbons (Fsp3) is 0.389.